The highest BCUT2D eigenvalue weighted by molar-refractivity contribution is 7.09. The van der Waals surface area contributed by atoms with Gasteiger partial charge in [0.1, 0.15) is 5.01 Å². The lowest BCUT2D eigenvalue weighted by molar-refractivity contribution is 0.210. The van der Waals surface area contributed by atoms with E-state index in [1.807, 2.05) is 7.05 Å². The molecule has 0 spiro atoms. The average molecular weight is 324 g/mol. The van der Waals surface area contributed by atoms with E-state index in [1.54, 1.807) is 11.3 Å². The summed E-state index contributed by atoms with van der Waals surface area (Å²) in [4.78, 5) is 11.4. The van der Waals surface area contributed by atoms with Crippen molar-refractivity contribution in [3.05, 3.63) is 16.1 Å². The van der Waals surface area contributed by atoms with Crippen molar-refractivity contribution in [2.75, 3.05) is 33.7 Å². The lowest BCUT2D eigenvalue weighted by Gasteiger charge is -2.30. The molecule has 1 aliphatic rings. The number of aromatic nitrogens is 1. The molecule has 1 unspecified atom stereocenters. The number of aliphatic imine (C=N–C) groups is 1. The van der Waals surface area contributed by atoms with Crippen LogP contribution in [0.5, 0.6) is 0 Å². The number of nitrogens with one attached hydrogen (secondary N) is 2. The number of guanidine groups is 1. The van der Waals surface area contributed by atoms with Gasteiger partial charge in [-0.1, -0.05) is 13.8 Å². The van der Waals surface area contributed by atoms with Gasteiger partial charge < -0.3 is 15.5 Å². The first kappa shape index (κ1) is 17.2. The van der Waals surface area contributed by atoms with Gasteiger partial charge in [0, 0.05) is 25.5 Å². The van der Waals surface area contributed by atoms with Crippen molar-refractivity contribution in [1.29, 1.82) is 0 Å². The molecule has 1 fully saturated rings. The van der Waals surface area contributed by atoms with E-state index in [0.29, 0.717) is 11.8 Å². The Kier molecular flexibility index (Phi) is 6.64. The van der Waals surface area contributed by atoms with E-state index < -0.39 is 0 Å². The van der Waals surface area contributed by atoms with Crippen LogP contribution in [0.4, 0.5) is 0 Å². The van der Waals surface area contributed by atoms with E-state index in [-0.39, 0.29) is 0 Å². The number of rotatable bonds is 5. The molecule has 1 aromatic rings. The van der Waals surface area contributed by atoms with Crippen LogP contribution in [-0.2, 0) is 6.54 Å². The van der Waals surface area contributed by atoms with E-state index >= 15 is 0 Å². The molecule has 0 amide bonds. The molecular formula is C16H29N5S. The van der Waals surface area contributed by atoms with Gasteiger partial charge in [-0.05, 0) is 38.3 Å². The summed E-state index contributed by atoms with van der Waals surface area (Å²) in [5.41, 5.74) is 1.18. The van der Waals surface area contributed by atoms with Gasteiger partial charge in [0.25, 0.3) is 0 Å². The van der Waals surface area contributed by atoms with Gasteiger partial charge in [-0.2, -0.15) is 0 Å². The van der Waals surface area contributed by atoms with Crippen LogP contribution >= 0.6 is 11.3 Å². The van der Waals surface area contributed by atoms with Crippen molar-refractivity contribution in [3.8, 4) is 0 Å². The van der Waals surface area contributed by atoms with Gasteiger partial charge in [0.15, 0.2) is 5.96 Å². The van der Waals surface area contributed by atoms with Gasteiger partial charge in [-0.15, -0.1) is 11.3 Å². The van der Waals surface area contributed by atoms with E-state index in [4.69, 9.17) is 0 Å². The molecule has 1 aliphatic heterocycles. The molecule has 0 bridgehead atoms. The van der Waals surface area contributed by atoms with Gasteiger partial charge in [-0.25, -0.2) is 4.98 Å². The molecule has 1 atom stereocenters. The smallest absolute Gasteiger partial charge is 0.191 e. The van der Waals surface area contributed by atoms with Crippen LogP contribution in [0.1, 0.15) is 43.3 Å². The molecule has 2 rings (SSSR count). The van der Waals surface area contributed by atoms with Crippen molar-refractivity contribution in [2.45, 2.75) is 39.2 Å². The first-order chi connectivity index (χ1) is 10.6. The highest BCUT2D eigenvalue weighted by atomic mass is 32.1. The van der Waals surface area contributed by atoms with Crippen LogP contribution in [0.3, 0.4) is 0 Å². The minimum Gasteiger partial charge on any atom is -0.356 e. The minimum atomic E-state index is 0.491. The maximum atomic E-state index is 4.64. The van der Waals surface area contributed by atoms with E-state index in [2.05, 4.69) is 51.8 Å². The van der Waals surface area contributed by atoms with Gasteiger partial charge in [0.05, 0.1) is 12.2 Å². The Bertz CT molecular complexity index is 483. The molecular weight excluding hydrogens is 294 g/mol. The summed E-state index contributed by atoms with van der Waals surface area (Å²) in [5.74, 6) is 2.07. The summed E-state index contributed by atoms with van der Waals surface area (Å²) in [6.07, 6.45) is 2.60. The SMILES string of the molecule is CN=C(NCc1nc(C(C)C)cs1)NCC1CCCN(C)C1. The number of hydrogen-bond donors (Lipinski definition) is 2. The Morgan fingerprint density at radius 2 is 2.32 bits per heavy atom. The highest BCUT2D eigenvalue weighted by Crippen LogP contribution is 2.17. The normalized spacial score (nSPS) is 20.4. The lowest BCUT2D eigenvalue weighted by atomic mass is 9.99. The Balaban J connectivity index is 1.74. The zero-order valence-electron chi connectivity index (χ0n) is 14.2. The Morgan fingerprint density at radius 3 is 2.95 bits per heavy atom. The first-order valence-electron chi connectivity index (χ1n) is 8.15. The third-order valence-electron chi connectivity index (χ3n) is 4.07. The van der Waals surface area contributed by atoms with Crippen molar-refractivity contribution in [1.82, 2.24) is 20.5 Å². The Labute approximate surface area is 138 Å². The van der Waals surface area contributed by atoms with Gasteiger partial charge in [-0.3, -0.25) is 4.99 Å². The number of thiazole rings is 1. The zero-order chi connectivity index (χ0) is 15.9. The molecule has 5 nitrogen and oxygen atoms in total. The van der Waals surface area contributed by atoms with Crippen LogP contribution < -0.4 is 10.6 Å². The van der Waals surface area contributed by atoms with Crippen molar-refractivity contribution in [2.24, 2.45) is 10.9 Å². The van der Waals surface area contributed by atoms with Crippen LogP contribution in [-0.4, -0.2) is 49.6 Å². The number of piperidine rings is 1. The maximum absolute atomic E-state index is 4.64. The fraction of sp³-hybridized carbons (Fsp3) is 0.750. The molecule has 0 radical (unpaired) electrons. The molecule has 0 saturated carbocycles. The van der Waals surface area contributed by atoms with E-state index in [1.165, 1.54) is 31.6 Å². The molecule has 0 aliphatic carbocycles. The van der Waals surface area contributed by atoms with Crippen molar-refractivity contribution < 1.29 is 0 Å². The first-order valence-corrected chi connectivity index (χ1v) is 9.03. The molecule has 2 heterocycles. The second-order valence-electron chi connectivity index (χ2n) is 6.40. The summed E-state index contributed by atoms with van der Waals surface area (Å²) >= 11 is 1.71. The molecule has 124 valence electrons. The summed E-state index contributed by atoms with van der Waals surface area (Å²) in [7, 11) is 4.03. The number of hydrogen-bond acceptors (Lipinski definition) is 4. The second kappa shape index (κ2) is 8.48. The molecule has 0 aromatic carbocycles. The zero-order valence-corrected chi connectivity index (χ0v) is 15.0. The maximum Gasteiger partial charge on any atom is 0.191 e. The Hall–Kier alpha value is -1.14. The fourth-order valence-corrected chi connectivity index (χ4v) is 3.63. The number of likely N-dealkylation sites (tertiary alicyclic amines) is 1. The van der Waals surface area contributed by atoms with Crippen LogP contribution in [0.2, 0.25) is 0 Å². The predicted molar refractivity (Wildman–Crippen MR) is 94.6 cm³/mol. The van der Waals surface area contributed by atoms with Gasteiger partial charge >= 0.3 is 0 Å². The summed E-state index contributed by atoms with van der Waals surface area (Å²) in [5, 5.41) is 10.1. The average Bonchev–Trinajstić information content (AvgIpc) is 2.97. The largest absolute Gasteiger partial charge is 0.356 e. The minimum absolute atomic E-state index is 0.491. The van der Waals surface area contributed by atoms with Crippen LogP contribution in [0.25, 0.3) is 0 Å². The fourth-order valence-electron chi connectivity index (χ4n) is 2.73. The summed E-state index contributed by atoms with van der Waals surface area (Å²) in [6.45, 7) is 8.47. The van der Waals surface area contributed by atoms with Crippen molar-refractivity contribution in [3.63, 3.8) is 0 Å². The molecule has 1 saturated heterocycles. The number of nitrogens with zero attached hydrogens (tertiary/aromatic N) is 3. The van der Waals surface area contributed by atoms with E-state index in [9.17, 15) is 0 Å². The molecule has 6 heteroatoms. The molecule has 22 heavy (non-hydrogen) atoms. The third-order valence-corrected chi connectivity index (χ3v) is 4.94. The van der Waals surface area contributed by atoms with Crippen LogP contribution in [0.15, 0.2) is 10.4 Å². The van der Waals surface area contributed by atoms with E-state index in [0.717, 1.165) is 24.1 Å². The predicted octanol–water partition coefficient (Wildman–Crippen LogP) is 2.27. The molecule has 2 N–H and O–H groups in total. The van der Waals surface area contributed by atoms with Crippen LogP contribution in [0, 0.1) is 5.92 Å². The second-order valence-corrected chi connectivity index (χ2v) is 7.34. The topological polar surface area (TPSA) is 52.6 Å². The van der Waals surface area contributed by atoms with Gasteiger partial charge in [0.2, 0.25) is 0 Å². The standard InChI is InChI=1S/C16H29N5S/c1-12(2)14-11-22-15(20-14)9-19-16(17-3)18-8-13-6-5-7-21(4)10-13/h11-13H,5-10H2,1-4H3,(H2,17,18,19). The lowest BCUT2D eigenvalue weighted by Crippen LogP contribution is -2.43. The summed E-state index contributed by atoms with van der Waals surface area (Å²) in [6, 6.07) is 0. The third kappa shape index (κ3) is 5.25. The highest BCUT2D eigenvalue weighted by Gasteiger charge is 2.17. The molecule has 1 aromatic heterocycles. The van der Waals surface area contributed by atoms with Crippen molar-refractivity contribution >= 4 is 17.3 Å². The quantitative estimate of drug-likeness (QED) is 0.645. The Morgan fingerprint density at radius 1 is 1.50 bits per heavy atom. The monoisotopic (exact) mass is 323 g/mol. The summed E-state index contributed by atoms with van der Waals surface area (Å²) < 4.78 is 0.